The lowest BCUT2D eigenvalue weighted by Crippen LogP contribution is -3.00. The lowest BCUT2D eigenvalue weighted by atomic mass is 9.97. The molecule has 0 bridgehead atoms. The molecule has 0 unspecified atom stereocenters. The van der Waals surface area contributed by atoms with Crippen LogP contribution in [0.25, 0.3) is 22.6 Å². The number of carbonyl (C=O) groups is 1. The van der Waals surface area contributed by atoms with Crippen molar-refractivity contribution in [3.63, 3.8) is 0 Å². The third-order valence-corrected chi connectivity index (χ3v) is 5.62. The maximum atomic E-state index is 12.7. The average Bonchev–Trinajstić information content (AvgIpc) is 2.71. The van der Waals surface area contributed by atoms with Crippen LogP contribution in [0.15, 0.2) is 34.7 Å². The van der Waals surface area contributed by atoms with Gasteiger partial charge >= 0.3 is 5.97 Å². The van der Waals surface area contributed by atoms with Crippen LogP contribution in [0.3, 0.4) is 0 Å². The molecule has 180 valence electrons. The summed E-state index contributed by atoms with van der Waals surface area (Å²) in [7, 11) is 6.11. The predicted molar refractivity (Wildman–Crippen MR) is 130 cm³/mol. The maximum Gasteiger partial charge on any atom is 0.316 e. The summed E-state index contributed by atoms with van der Waals surface area (Å²) in [6.45, 7) is 9.30. The molecule has 0 spiro atoms. The Morgan fingerprint density at radius 2 is 1.76 bits per heavy atom. The van der Waals surface area contributed by atoms with Crippen LogP contribution in [-0.2, 0) is 4.79 Å². The number of benzene rings is 2. The molecule has 2 heterocycles. The summed E-state index contributed by atoms with van der Waals surface area (Å²) < 4.78 is 14.2. The molecule has 1 saturated heterocycles. The van der Waals surface area contributed by atoms with E-state index < -0.39 is 5.41 Å². The van der Waals surface area contributed by atoms with Crippen molar-refractivity contribution >= 4 is 35.2 Å². The summed E-state index contributed by atoms with van der Waals surface area (Å²) in [5, 5.41) is 1.03. The van der Waals surface area contributed by atoms with Crippen molar-refractivity contribution in [1.29, 1.82) is 0 Å². The van der Waals surface area contributed by atoms with Crippen LogP contribution in [0.2, 0.25) is 0 Å². The number of esters is 1. The predicted octanol–water partition coefficient (Wildman–Crippen LogP) is 0.0935. The molecular formula is C24H32Cl2N4O3. The summed E-state index contributed by atoms with van der Waals surface area (Å²) >= 11 is 0. The van der Waals surface area contributed by atoms with Crippen molar-refractivity contribution in [2.75, 3.05) is 52.2 Å². The Bertz CT molecular complexity index is 1170. The van der Waals surface area contributed by atoms with Crippen molar-refractivity contribution in [2.45, 2.75) is 20.8 Å². The molecule has 0 saturated carbocycles. The summed E-state index contributed by atoms with van der Waals surface area (Å²) in [5.41, 5.74) is 2.24. The molecule has 4 rings (SSSR count). The van der Waals surface area contributed by atoms with E-state index in [1.54, 1.807) is 0 Å². The van der Waals surface area contributed by atoms with E-state index in [4.69, 9.17) is 14.1 Å². The maximum absolute atomic E-state index is 12.7. The van der Waals surface area contributed by atoms with Gasteiger partial charge in [-0.25, -0.2) is 9.56 Å². The molecule has 7 nitrogen and oxygen atoms in total. The normalized spacial score (nSPS) is 14.5. The molecule has 0 radical (unpaired) electrons. The number of fused-ring (bicyclic) bond motifs is 2. The Hall–Kier alpha value is -2.35. The van der Waals surface area contributed by atoms with E-state index in [9.17, 15) is 4.79 Å². The van der Waals surface area contributed by atoms with Crippen LogP contribution in [0.4, 0.5) is 5.69 Å². The summed E-state index contributed by atoms with van der Waals surface area (Å²) in [6, 6.07) is 9.82. The van der Waals surface area contributed by atoms with Gasteiger partial charge in [-0.05, 0) is 33.9 Å². The highest BCUT2D eigenvalue weighted by atomic mass is 35.5. The van der Waals surface area contributed by atoms with Gasteiger partial charge in [-0.2, -0.15) is 0 Å². The third-order valence-electron chi connectivity index (χ3n) is 5.62. The quantitative estimate of drug-likeness (QED) is 0.218. The van der Waals surface area contributed by atoms with Crippen LogP contribution >= 0.6 is 12.4 Å². The van der Waals surface area contributed by atoms with E-state index in [1.165, 1.54) is 0 Å². The van der Waals surface area contributed by atoms with Gasteiger partial charge in [0.25, 0.3) is 0 Å². The second-order valence-corrected chi connectivity index (χ2v) is 9.48. The van der Waals surface area contributed by atoms with Gasteiger partial charge in [-0.3, -0.25) is 4.79 Å². The minimum atomic E-state index is -0.620. The molecule has 1 fully saturated rings. The second kappa shape index (κ2) is 10.3. The Morgan fingerprint density at radius 3 is 2.36 bits per heavy atom. The van der Waals surface area contributed by atoms with Crippen LogP contribution in [-0.4, -0.2) is 63.2 Å². The number of likely N-dealkylation sites (N-methyl/N-ethyl adjacent to an activating group) is 1. The molecule has 3 aliphatic rings. The number of anilines is 1. The molecule has 1 aromatic rings. The monoisotopic (exact) mass is 494 g/mol. The van der Waals surface area contributed by atoms with Crippen molar-refractivity contribution in [2.24, 2.45) is 5.41 Å². The van der Waals surface area contributed by atoms with Gasteiger partial charge in [0.2, 0.25) is 5.36 Å². The molecule has 1 aliphatic carbocycles. The number of carbonyl (C=O) groups excluding carboxylic acids is 1. The lowest BCUT2D eigenvalue weighted by Gasteiger charge is -2.34. The Labute approximate surface area is 207 Å². The Kier molecular flexibility index (Phi) is 8.38. The van der Waals surface area contributed by atoms with Crippen LogP contribution in [0, 0.1) is 5.41 Å². The van der Waals surface area contributed by atoms with Crippen molar-refractivity contribution in [3.05, 3.63) is 35.7 Å². The molecule has 2 aliphatic heterocycles. The number of ether oxygens (including phenoxy) is 1. The fourth-order valence-electron chi connectivity index (χ4n) is 3.53. The van der Waals surface area contributed by atoms with Crippen molar-refractivity contribution < 1.29 is 26.4 Å². The van der Waals surface area contributed by atoms with Gasteiger partial charge in [-0.15, -0.1) is 12.4 Å². The summed E-state index contributed by atoms with van der Waals surface area (Å²) in [6.07, 6.45) is 0. The Balaban J connectivity index is 0.00000193. The third kappa shape index (κ3) is 5.78. The van der Waals surface area contributed by atoms with E-state index in [1.807, 2.05) is 69.8 Å². The first-order valence-electron chi connectivity index (χ1n) is 10.7. The van der Waals surface area contributed by atoms with Gasteiger partial charge in [0.1, 0.15) is 25.3 Å². The SMILES string of the molecule is CN1CCN(c2cc(OC(=O)C(C)(C)C)c3nc4ccc(=[N+](C)C)cc-4oc3c2)CC1.Cl.[Cl-]. The Morgan fingerprint density at radius 1 is 1.09 bits per heavy atom. The molecule has 0 atom stereocenters. The zero-order valence-corrected chi connectivity index (χ0v) is 21.6. The molecular weight excluding hydrogens is 463 g/mol. The zero-order valence-electron chi connectivity index (χ0n) is 20.0. The van der Waals surface area contributed by atoms with E-state index in [0.717, 1.165) is 42.9 Å². The number of hydrogen-bond donors (Lipinski definition) is 0. The summed E-state index contributed by atoms with van der Waals surface area (Å²) in [4.78, 5) is 22.1. The van der Waals surface area contributed by atoms with E-state index in [-0.39, 0.29) is 30.8 Å². The van der Waals surface area contributed by atoms with Gasteiger partial charge in [-0.1, -0.05) is 0 Å². The average molecular weight is 495 g/mol. The highest BCUT2D eigenvalue weighted by Crippen LogP contribution is 2.35. The minimum Gasteiger partial charge on any atom is -1.00 e. The van der Waals surface area contributed by atoms with Crippen LogP contribution in [0.5, 0.6) is 5.75 Å². The number of rotatable bonds is 2. The van der Waals surface area contributed by atoms with Gasteiger partial charge < -0.3 is 31.4 Å². The highest BCUT2D eigenvalue weighted by molar-refractivity contribution is 5.89. The zero-order chi connectivity index (χ0) is 22.3. The standard InChI is InChI=1S/C24H31N4O3.2ClH/c1-24(2,3)23(29)31-21-15-17(28-11-9-27(6)10-12-28)14-20-22(21)25-18-8-7-16(26(4)5)13-19(18)30-20;;/h7-8,13-15H,9-12H2,1-6H3;2*1H/q+1;;/p-1. The number of piperazine rings is 1. The molecule has 0 N–H and O–H groups in total. The fourth-order valence-corrected chi connectivity index (χ4v) is 3.53. The number of halogens is 2. The smallest absolute Gasteiger partial charge is 0.316 e. The second-order valence-electron chi connectivity index (χ2n) is 9.48. The topological polar surface area (TPSA) is 61.8 Å². The molecule has 0 aromatic heterocycles. The first-order chi connectivity index (χ1) is 14.6. The minimum absolute atomic E-state index is 0. The van der Waals surface area contributed by atoms with Gasteiger partial charge in [0.15, 0.2) is 17.1 Å². The number of nitrogens with zero attached hydrogens (tertiary/aromatic N) is 4. The van der Waals surface area contributed by atoms with Gasteiger partial charge in [0.05, 0.1) is 11.5 Å². The first kappa shape index (κ1) is 26.9. The molecule has 1 aromatic carbocycles. The van der Waals surface area contributed by atoms with Crippen LogP contribution in [0.1, 0.15) is 20.8 Å². The van der Waals surface area contributed by atoms with Crippen LogP contribution < -0.4 is 32.0 Å². The highest BCUT2D eigenvalue weighted by Gasteiger charge is 2.26. The molecule has 0 amide bonds. The number of hydrogen-bond acceptors (Lipinski definition) is 6. The number of aromatic nitrogens is 1. The van der Waals surface area contributed by atoms with Crippen molar-refractivity contribution in [1.82, 2.24) is 14.5 Å². The fraction of sp³-hybridized carbons (Fsp3) is 0.458. The van der Waals surface area contributed by atoms with Crippen molar-refractivity contribution in [3.8, 4) is 17.2 Å². The van der Waals surface area contributed by atoms with E-state index in [2.05, 4.69) is 16.8 Å². The largest absolute Gasteiger partial charge is 1.00 e. The summed E-state index contributed by atoms with van der Waals surface area (Å²) in [5.74, 6) is 0.838. The lowest BCUT2D eigenvalue weighted by molar-refractivity contribution is -0.142. The van der Waals surface area contributed by atoms with Gasteiger partial charge in [0, 0.05) is 50.1 Å². The molecule has 33 heavy (non-hydrogen) atoms. The van der Waals surface area contributed by atoms with E-state index >= 15 is 0 Å². The first-order valence-corrected chi connectivity index (χ1v) is 10.7. The van der Waals surface area contributed by atoms with E-state index in [0.29, 0.717) is 22.6 Å². The molecule has 9 heteroatoms.